The minimum atomic E-state index is 0.161. The van der Waals surface area contributed by atoms with Gasteiger partial charge in [-0.3, -0.25) is 0 Å². The number of aryl methyl sites for hydroxylation is 1. The highest BCUT2D eigenvalue weighted by Gasteiger charge is 2.35. The van der Waals surface area contributed by atoms with Gasteiger partial charge in [0.15, 0.2) is 0 Å². The number of ether oxygens (including phenoxy) is 2. The van der Waals surface area contributed by atoms with Crippen molar-refractivity contribution in [2.24, 2.45) is 0 Å². The minimum Gasteiger partial charge on any atom is -0.496 e. The molecule has 18 heavy (non-hydrogen) atoms. The van der Waals surface area contributed by atoms with Crippen LogP contribution in [-0.2, 0) is 16.6 Å². The zero-order chi connectivity index (χ0) is 13.0. The zero-order valence-electron chi connectivity index (χ0n) is 11.2. The Kier molecular flexibility index (Phi) is 4.68. The van der Waals surface area contributed by atoms with Crippen LogP contribution in [0.15, 0.2) is 18.2 Å². The van der Waals surface area contributed by atoms with Gasteiger partial charge in [0.25, 0.3) is 0 Å². The van der Waals surface area contributed by atoms with Crippen LogP contribution in [-0.4, -0.2) is 25.7 Å². The molecule has 1 aliphatic heterocycles. The molecule has 1 aromatic carbocycles. The van der Waals surface area contributed by atoms with Crippen molar-refractivity contribution in [3.8, 4) is 5.75 Å². The Hall–Kier alpha value is -0.540. The van der Waals surface area contributed by atoms with Crippen molar-refractivity contribution in [3.05, 3.63) is 29.3 Å². The number of hydrogen-bond acceptors (Lipinski definition) is 2. The van der Waals surface area contributed by atoms with Crippen LogP contribution in [0.1, 0.15) is 30.9 Å². The van der Waals surface area contributed by atoms with Gasteiger partial charge in [-0.05, 0) is 30.9 Å². The van der Waals surface area contributed by atoms with Crippen molar-refractivity contribution in [3.63, 3.8) is 0 Å². The molecular formula is C15H21BrO2. The third-order valence-corrected chi connectivity index (χ3v) is 5.02. The summed E-state index contributed by atoms with van der Waals surface area (Å²) in [6.07, 6.45) is 3.18. The molecule has 1 aliphatic rings. The van der Waals surface area contributed by atoms with E-state index in [1.807, 2.05) is 0 Å². The lowest BCUT2D eigenvalue weighted by Gasteiger charge is -2.37. The van der Waals surface area contributed by atoms with E-state index in [-0.39, 0.29) is 5.41 Å². The molecule has 1 saturated heterocycles. The second-order valence-electron chi connectivity index (χ2n) is 4.91. The molecule has 1 fully saturated rings. The average molecular weight is 313 g/mol. The van der Waals surface area contributed by atoms with E-state index in [0.29, 0.717) is 0 Å². The molecule has 100 valence electrons. The number of rotatable bonds is 4. The summed E-state index contributed by atoms with van der Waals surface area (Å²) in [5.41, 5.74) is 2.87. The van der Waals surface area contributed by atoms with Crippen molar-refractivity contribution < 1.29 is 9.47 Å². The van der Waals surface area contributed by atoms with Crippen LogP contribution >= 0.6 is 15.9 Å². The van der Waals surface area contributed by atoms with Gasteiger partial charge < -0.3 is 9.47 Å². The molecule has 1 heterocycles. The van der Waals surface area contributed by atoms with Gasteiger partial charge >= 0.3 is 0 Å². The Labute approximate surface area is 118 Å². The molecule has 0 aliphatic carbocycles. The fraction of sp³-hybridized carbons (Fsp3) is 0.600. The highest BCUT2D eigenvalue weighted by molar-refractivity contribution is 9.09. The van der Waals surface area contributed by atoms with Crippen LogP contribution in [0.5, 0.6) is 5.75 Å². The lowest BCUT2D eigenvalue weighted by molar-refractivity contribution is 0.0576. The number of benzene rings is 1. The van der Waals surface area contributed by atoms with Gasteiger partial charge in [0.2, 0.25) is 0 Å². The predicted molar refractivity (Wildman–Crippen MR) is 77.9 cm³/mol. The predicted octanol–water partition coefficient (Wildman–Crippen LogP) is 3.70. The Morgan fingerprint density at radius 3 is 2.61 bits per heavy atom. The van der Waals surface area contributed by atoms with Crippen molar-refractivity contribution >= 4 is 15.9 Å². The third-order valence-electron chi connectivity index (χ3n) is 3.95. The highest BCUT2D eigenvalue weighted by atomic mass is 79.9. The van der Waals surface area contributed by atoms with Crippen molar-refractivity contribution in [2.75, 3.05) is 25.7 Å². The van der Waals surface area contributed by atoms with Crippen molar-refractivity contribution in [2.45, 2.75) is 31.6 Å². The fourth-order valence-electron chi connectivity index (χ4n) is 2.63. The molecule has 0 unspecified atom stereocenters. The summed E-state index contributed by atoms with van der Waals surface area (Å²) in [6.45, 7) is 3.87. The van der Waals surface area contributed by atoms with Gasteiger partial charge in [-0.25, -0.2) is 0 Å². The molecule has 3 heteroatoms. The van der Waals surface area contributed by atoms with Crippen LogP contribution in [0.2, 0.25) is 0 Å². The maximum absolute atomic E-state index is 5.56. The van der Waals surface area contributed by atoms with Crippen LogP contribution in [0.25, 0.3) is 0 Å². The van der Waals surface area contributed by atoms with Gasteiger partial charge in [0.1, 0.15) is 5.75 Å². The van der Waals surface area contributed by atoms with Gasteiger partial charge in [-0.1, -0.05) is 35.0 Å². The number of alkyl halides is 1. The summed E-state index contributed by atoms with van der Waals surface area (Å²) in [5, 5.41) is 0.965. The van der Waals surface area contributed by atoms with Crippen LogP contribution in [0.3, 0.4) is 0 Å². The first-order valence-corrected chi connectivity index (χ1v) is 7.69. The van der Waals surface area contributed by atoms with E-state index in [0.717, 1.165) is 43.6 Å². The normalized spacial score (nSPS) is 18.6. The van der Waals surface area contributed by atoms with E-state index < -0.39 is 0 Å². The van der Waals surface area contributed by atoms with E-state index in [4.69, 9.17) is 9.47 Å². The standard InChI is InChI=1S/C15H21BrO2/c1-3-12-4-5-14(17-2)13(10-12)15(11-16)6-8-18-9-7-15/h4-5,10H,3,6-9,11H2,1-2H3. The first kappa shape index (κ1) is 13.9. The summed E-state index contributed by atoms with van der Waals surface area (Å²) in [7, 11) is 1.76. The average Bonchev–Trinajstić information content (AvgIpc) is 2.47. The summed E-state index contributed by atoms with van der Waals surface area (Å²) >= 11 is 3.70. The van der Waals surface area contributed by atoms with E-state index in [1.165, 1.54) is 11.1 Å². The van der Waals surface area contributed by atoms with Gasteiger partial charge in [0.05, 0.1) is 7.11 Å². The van der Waals surface area contributed by atoms with E-state index in [2.05, 4.69) is 41.1 Å². The number of methoxy groups -OCH3 is 1. The Balaban J connectivity index is 2.44. The topological polar surface area (TPSA) is 18.5 Å². The largest absolute Gasteiger partial charge is 0.496 e. The molecule has 2 nitrogen and oxygen atoms in total. The molecule has 0 atom stereocenters. The summed E-state index contributed by atoms with van der Waals surface area (Å²) < 4.78 is 11.1. The first-order chi connectivity index (χ1) is 8.75. The minimum absolute atomic E-state index is 0.161. The molecule has 0 radical (unpaired) electrons. The smallest absolute Gasteiger partial charge is 0.122 e. The fourth-order valence-corrected chi connectivity index (χ4v) is 3.49. The van der Waals surface area contributed by atoms with Crippen molar-refractivity contribution in [1.82, 2.24) is 0 Å². The van der Waals surface area contributed by atoms with E-state index >= 15 is 0 Å². The maximum Gasteiger partial charge on any atom is 0.122 e. The van der Waals surface area contributed by atoms with E-state index in [9.17, 15) is 0 Å². The molecule has 0 spiro atoms. The molecule has 0 aromatic heterocycles. The Morgan fingerprint density at radius 1 is 1.33 bits per heavy atom. The monoisotopic (exact) mass is 312 g/mol. The van der Waals surface area contributed by atoms with Gasteiger partial charge in [-0.15, -0.1) is 0 Å². The molecular weight excluding hydrogens is 292 g/mol. The molecule has 0 saturated carbocycles. The summed E-state index contributed by atoms with van der Waals surface area (Å²) in [6, 6.07) is 6.57. The Morgan fingerprint density at radius 2 is 2.06 bits per heavy atom. The zero-order valence-corrected chi connectivity index (χ0v) is 12.8. The van der Waals surface area contributed by atoms with E-state index in [1.54, 1.807) is 7.11 Å². The Bertz CT molecular complexity index is 397. The molecule has 0 amide bonds. The molecule has 1 aromatic rings. The first-order valence-electron chi connectivity index (χ1n) is 6.57. The summed E-state index contributed by atoms with van der Waals surface area (Å²) in [5.74, 6) is 1.01. The number of hydrogen-bond donors (Lipinski definition) is 0. The van der Waals surface area contributed by atoms with Gasteiger partial charge in [-0.2, -0.15) is 0 Å². The maximum atomic E-state index is 5.56. The lowest BCUT2D eigenvalue weighted by atomic mass is 9.75. The summed E-state index contributed by atoms with van der Waals surface area (Å²) in [4.78, 5) is 0. The van der Waals surface area contributed by atoms with Crippen LogP contribution in [0.4, 0.5) is 0 Å². The highest BCUT2D eigenvalue weighted by Crippen LogP contribution is 2.41. The quantitative estimate of drug-likeness (QED) is 0.789. The van der Waals surface area contributed by atoms with Gasteiger partial charge in [0, 0.05) is 29.5 Å². The van der Waals surface area contributed by atoms with Crippen LogP contribution in [0, 0.1) is 0 Å². The lowest BCUT2D eigenvalue weighted by Crippen LogP contribution is -2.35. The van der Waals surface area contributed by atoms with Crippen molar-refractivity contribution in [1.29, 1.82) is 0 Å². The second kappa shape index (κ2) is 6.07. The molecule has 2 rings (SSSR count). The number of halogens is 1. The van der Waals surface area contributed by atoms with Crippen LogP contribution < -0.4 is 4.74 Å². The third kappa shape index (κ3) is 2.57. The second-order valence-corrected chi connectivity index (χ2v) is 5.48. The molecule has 0 bridgehead atoms. The molecule has 0 N–H and O–H groups in total. The SMILES string of the molecule is CCc1ccc(OC)c(C2(CBr)CCOCC2)c1.